The van der Waals surface area contributed by atoms with Crippen LogP contribution in [0.15, 0.2) is 28.7 Å². The highest BCUT2D eigenvalue weighted by molar-refractivity contribution is 9.10. The van der Waals surface area contributed by atoms with Gasteiger partial charge in [0.05, 0.1) is 6.61 Å². The van der Waals surface area contributed by atoms with Gasteiger partial charge in [0.1, 0.15) is 0 Å². The summed E-state index contributed by atoms with van der Waals surface area (Å²) in [5.41, 5.74) is 3.50. The van der Waals surface area contributed by atoms with E-state index in [4.69, 9.17) is 10.6 Å². The van der Waals surface area contributed by atoms with Crippen LogP contribution in [0.5, 0.6) is 6.01 Å². The zero-order chi connectivity index (χ0) is 15.1. The van der Waals surface area contributed by atoms with Crippen molar-refractivity contribution in [2.75, 3.05) is 17.3 Å². The lowest BCUT2D eigenvalue weighted by molar-refractivity contribution is 0.292. The van der Waals surface area contributed by atoms with E-state index in [2.05, 4.69) is 41.6 Å². The molecule has 112 valence electrons. The normalized spacial score (nSPS) is 10.2. The number of nitrogens with zero attached hydrogens (tertiary/aromatic N) is 3. The molecule has 0 saturated heterocycles. The Morgan fingerprint density at radius 2 is 2.05 bits per heavy atom. The Kier molecular flexibility index (Phi) is 5.70. The molecule has 0 spiro atoms. The smallest absolute Gasteiger partial charge is 0.323 e. The van der Waals surface area contributed by atoms with E-state index in [0.717, 1.165) is 16.5 Å². The Hall–Kier alpha value is -1.93. The van der Waals surface area contributed by atoms with Crippen LogP contribution >= 0.6 is 15.9 Å². The van der Waals surface area contributed by atoms with Crippen molar-refractivity contribution in [1.29, 1.82) is 0 Å². The van der Waals surface area contributed by atoms with E-state index >= 15 is 0 Å². The lowest BCUT2D eigenvalue weighted by Crippen LogP contribution is -2.14. The van der Waals surface area contributed by atoms with E-state index in [1.165, 1.54) is 0 Å². The summed E-state index contributed by atoms with van der Waals surface area (Å²) in [5.74, 6) is 6.01. The first-order valence-corrected chi connectivity index (χ1v) is 7.34. The first-order chi connectivity index (χ1) is 10.2. The van der Waals surface area contributed by atoms with E-state index in [-0.39, 0.29) is 12.0 Å². The van der Waals surface area contributed by atoms with Crippen LogP contribution in [-0.4, -0.2) is 21.6 Å². The molecule has 0 fully saturated rings. The molecule has 0 aliphatic rings. The third kappa shape index (κ3) is 4.83. The average Bonchev–Trinajstić information content (AvgIpc) is 2.51. The number of halogens is 1. The molecule has 0 radical (unpaired) electrons. The van der Waals surface area contributed by atoms with Gasteiger partial charge in [-0.1, -0.05) is 35.0 Å². The fourth-order valence-corrected chi connectivity index (χ4v) is 2.03. The number of hydrogen-bond acceptors (Lipinski definition) is 7. The average molecular weight is 353 g/mol. The summed E-state index contributed by atoms with van der Waals surface area (Å²) in [6.07, 6.45) is 0.873. The highest BCUT2D eigenvalue weighted by atomic mass is 79.9. The topological polar surface area (TPSA) is 98.0 Å². The van der Waals surface area contributed by atoms with Crippen LogP contribution in [0.4, 0.5) is 11.9 Å². The van der Waals surface area contributed by atoms with Crippen molar-refractivity contribution in [3.63, 3.8) is 0 Å². The molecule has 7 nitrogen and oxygen atoms in total. The largest absolute Gasteiger partial charge is 0.463 e. The first-order valence-electron chi connectivity index (χ1n) is 6.55. The maximum atomic E-state index is 5.40. The van der Waals surface area contributed by atoms with Crippen molar-refractivity contribution in [2.45, 2.75) is 19.9 Å². The first kappa shape index (κ1) is 15.5. The Morgan fingerprint density at radius 3 is 2.76 bits per heavy atom. The minimum atomic E-state index is 0.247. The number of hydrazine groups is 1. The third-order valence-corrected chi connectivity index (χ3v) is 3.01. The summed E-state index contributed by atoms with van der Waals surface area (Å²) in [6.45, 7) is 3.13. The van der Waals surface area contributed by atoms with Crippen molar-refractivity contribution in [1.82, 2.24) is 15.0 Å². The van der Waals surface area contributed by atoms with Crippen LogP contribution in [0, 0.1) is 0 Å². The number of ether oxygens (including phenoxy) is 1. The van der Waals surface area contributed by atoms with Gasteiger partial charge in [-0.2, -0.15) is 15.0 Å². The molecule has 21 heavy (non-hydrogen) atoms. The molecule has 1 aromatic heterocycles. The monoisotopic (exact) mass is 352 g/mol. The molecule has 8 heteroatoms. The summed E-state index contributed by atoms with van der Waals surface area (Å²) in [4.78, 5) is 12.4. The summed E-state index contributed by atoms with van der Waals surface area (Å²) in [7, 11) is 0. The van der Waals surface area contributed by atoms with E-state index in [1.807, 2.05) is 31.2 Å². The number of benzene rings is 1. The van der Waals surface area contributed by atoms with Crippen LogP contribution < -0.4 is 21.3 Å². The van der Waals surface area contributed by atoms with Gasteiger partial charge in [-0.15, -0.1) is 0 Å². The van der Waals surface area contributed by atoms with Crippen LogP contribution in [0.1, 0.15) is 18.9 Å². The fourth-order valence-electron chi connectivity index (χ4n) is 1.59. The van der Waals surface area contributed by atoms with Crippen LogP contribution in [0.3, 0.4) is 0 Å². The van der Waals surface area contributed by atoms with Crippen molar-refractivity contribution in [3.05, 3.63) is 34.3 Å². The van der Waals surface area contributed by atoms with Gasteiger partial charge in [-0.05, 0) is 24.1 Å². The number of nitrogens with two attached hydrogens (primary N) is 1. The van der Waals surface area contributed by atoms with Crippen LogP contribution in [0.2, 0.25) is 0 Å². The summed E-state index contributed by atoms with van der Waals surface area (Å²) < 4.78 is 6.43. The number of nitrogens with one attached hydrogen (secondary N) is 2. The lowest BCUT2D eigenvalue weighted by Gasteiger charge is -2.09. The number of hydrogen-bond donors (Lipinski definition) is 3. The molecule has 0 unspecified atom stereocenters. The molecule has 0 saturated carbocycles. The van der Waals surface area contributed by atoms with Crippen LogP contribution in [0.25, 0.3) is 0 Å². The Bertz CT molecular complexity index is 595. The van der Waals surface area contributed by atoms with E-state index < -0.39 is 0 Å². The SMILES string of the molecule is CCCOc1nc(NN)nc(NCc2cccc(Br)c2)n1. The quantitative estimate of drug-likeness (QED) is 0.519. The second-order valence-corrected chi connectivity index (χ2v) is 5.16. The maximum Gasteiger partial charge on any atom is 0.323 e. The fraction of sp³-hybridized carbons (Fsp3) is 0.308. The van der Waals surface area contributed by atoms with Gasteiger partial charge in [0, 0.05) is 11.0 Å². The van der Waals surface area contributed by atoms with Crippen molar-refractivity contribution in [3.8, 4) is 6.01 Å². The standard InChI is InChI=1S/C13H17BrN6O/c1-2-6-21-13-18-11(17-12(19-13)20-15)16-8-9-4-3-5-10(14)7-9/h3-5,7H,2,6,8,15H2,1H3,(H2,16,17,18,19,20). The van der Waals surface area contributed by atoms with Gasteiger partial charge in [0.25, 0.3) is 0 Å². The third-order valence-electron chi connectivity index (χ3n) is 2.52. The molecule has 0 atom stereocenters. The van der Waals surface area contributed by atoms with E-state index in [9.17, 15) is 0 Å². The van der Waals surface area contributed by atoms with Gasteiger partial charge >= 0.3 is 6.01 Å². The highest BCUT2D eigenvalue weighted by Gasteiger charge is 2.06. The zero-order valence-corrected chi connectivity index (χ0v) is 13.2. The Morgan fingerprint density at radius 1 is 1.24 bits per heavy atom. The van der Waals surface area contributed by atoms with Crippen molar-refractivity contribution in [2.24, 2.45) is 5.84 Å². The number of anilines is 2. The maximum absolute atomic E-state index is 5.40. The molecule has 1 heterocycles. The second-order valence-electron chi connectivity index (χ2n) is 4.24. The Labute approximate surface area is 131 Å². The summed E-state index contributed by atoms with van der Waals surface area (Å²) in [6, 6.07) is 8.22. The number of aromatic nitrogens is 3. The summed E-state index contributed by atoms with van der Waals surface area (Å²) >= 11 is 3.44. The van der Waals surface area contributed by atoms with Crippen LogP contribution in [-0.2, 0) is 6.54 Å². The molecular weight excluding hydrogens is 336 g/mol. The molecule has 0 aliphatic carbocycles. The predicted molar refractivity (Wildman–Crippen MR) is 84.9 cm³/mol. The molecule has 0 bridgehead atoms. The zero-order valence-electron chi connectivity index (χ0n) is 11.6. The van der Waals surface area contributed by atoms with E-state index in [0.29, 0.717) is 19.1 Å². The highest BCUT2D eigenvalue weighted by Crippen LogP contribution is 2.14. The number of rotatable bonds is 7. The molecule has 0 amide bonds. The molecule has 4 N–H and O–H groups in total. The molecular formula is C13H17BrN6O. The molecule has 1 aromatic carbocycles. The molecule has 0 aliphatic heterocycles. The van der Waals surface area contributed by atoms with Crippen molar-refractivity contribution >= 4 is 27.8 Å². The van der Waals surface area contributed by atoms with Gasteiger partial charge in [0.15, 0.2) is 0 Å². The van der Waals surface area contributed by atoms with Crippen molar-refractivity contribution < 1.29 is 4.74 Å². The molecule has 2 rings (SSSR count). The second kappa shape index (κ2) is 7.75. The Balaban J connectivity index is 2.07. The van der Waals surface area contributed by atoms with Gasteiger partial charge in [0.2, 0.25) is 11.9 Å². The lowest BCUT2D eigenvalue weighted by atomic mass is 10.2. The van der Waals surface area contributed by atoms with Gasteiger partial charge in [-0.3, -0.25) is 5.43 Å². The minimum Gasteiger partial charge on any atom is -0.463 e. The number of nitrogen functional groups attached to an aromatic ring is 1. The summed E-state index contributed by atoms with van der Waals surface area (Å²) in [5, 5.41) is 3.12. The minimum absolute atomic E-state index is 0.247. The van der Waals surface area contributed by atoms with Gasteiger partial charge in [-0.25, -0.2) is 5.84 Å². The predicted octanol–water partition coefficient (Wildman–Crippen LogP) is 2.32. The molecule has 2 aromatic rings. The van der Waals surface area contributed by atoms with Gasteiger partial charge < -0.3 is 10.1 Å². The van der Waals surface area contributed by atoms with E-state index in [1.54, 1.807) is 0 Å².